The fraction of sp³-hybridized carbons (Fsp3) is 0.350. The summed E-state index contributed by atoms with van der Waals surface area (Å²) < 4.78 is 23.1. The van der Waals surface area contributed by atoms with Gasteiger partial charge in [-0.05, 0) is 42.0 Å². The Bertz CT molecular complexity index is 829. The summed E-state index contributed by atoms with van der Waals surface area (Å²) in [5.74, 6) is 0.591. The SMILES string of the molecule is CS(=O)(=O)c1ccc(CN2CCC(c3ccccc3)CCC2=O)cc1. The molecule has 1 fully saturated rings. The number of hydrogen-bond donors (Lipinski definition) is 0. The molecule has 2 aromatic rings. The third-order valence-corrected chi connectivity index (χ3v) is 5.93. The molecule has 0 aromatic heterocycles. The highest BCUT2D eigenvalue weighted by atomic mass is 32.2. The molecule has 1 heterocycles. The molecule has 0 aliphatic carbocycles. The van der Waals surface area contributed by atoms with E-state index in [1.54, 1.807) is 24.3 Å². The van der Waals surface area contributed by atoms with Gasteiger partial charge in [0.25, 0.3) is 0 Å². The molecule has 5 heteroatoms. The molecule has 1 unspecified atom stereocenters. The summed E-state index contributed by atoms with van der Waals surface area (Å²) in [6.45, 7) is 1.26. The first-order valence-electron chi connectivity index (χ1n) is 8.55. The molecule has 0 saturated carbocycles. The maximum Gasteiger partial charge on any atom is 0.222 e. The summed E-state index contributed by atoms with van der Waals surface area (Å²) >= 11 is 0. The third-order valence-electron chi connectivity index (χ3n) is 4.80. The largest absolute Gasteiger partial charge is 0.338 e. The van der Waals surface area contributed by atoms with Crippen molar-refractivity contribution in [2.75, 3.05) is 12.8 Å². The predicted molar refractivity (Wildman–Crippen MR) is 98.0 cm³/mol. The van der Waals surface area contributed by atoms with E-state index in [2.05, 4.69) is 12.1 Å². The Labute approximate surface area is 149 Å². The zero-order chi connectivity index (χ0) is 17.9. The lowest BCUT2D eigenvalue weighted by atomic mass is 9.92. The monoisotopic (exact) mass is 357 g/mol. The van der Waals surface area contributed by atoms with Crippen LogP contribution in [0.25, 0.3) is 0 Å². The van der Waals surface area contributed by atoms with E-state index >= 15 is 0 Å². The first-order valence-corrected chi connectivity index (χ1v) is 10.4. The molecule has 1 aliphatic heterocycles. The van der Waals surface area contributed by atoms with E-state index < -0.39 is 9.84 Å². The third kappa shape index (κ3) is 4.48. The van der Waals surface area contributed by atoms with Crippen molar-refractivity contribution in [1.29, 1.82) is 0 Å². The molecule has 1 aliphatic rings. The molecular formula is C20H23NO3S. The first kappa shape index (κ1) is 17.7. The normalized spacial score (nSPS) is 18.8. The van der Waals surface area contributed by atoms with E-state index in [4.69, 9.17) is 0 Å². The molecule has 0 radical (unpaired) electrons. The number of carbonyl (C=O) groups is 1. The molecule has 0 N–H and O–H groups in total. The van der Waals surface area contributed by atoms with Crippen molar-refractivity contribution in [3.63, 3.8) is 0 Å². The number of nitrogens with zero attached hydrogens (tertiary/aromatic N) is 1. The van der Waals surface area contributed by atoms with Crippen molar-refractivity contribution >= 4 is 15.7 Å². The Balaban J connectivity index is 1.68. The lowest BCUT2D eigenvalue weighted by Gasteiger charge is -2.21. The number of likely N-dealkylation sites (tertiary alicyclic amines) is 1. The minimum absolute atomic E-state index is 0.172. The van der Waals surface area contributed by atoms with Crippen molar-refractivity contribution in [3.8, 4) is 0 Å². The van der Waals surface area contributed by atoms with Gasteiger partial charge in [-0.15, -0.1) is 0 Å². The lowest BCUT2D eigenvalue weighted by Crippen LogP contribution is -2.29. The van der Waals surface area contributed by atoms with Crippen molar-refractivity contribution in [2.24, 2.45) is 0 Å². The molecule has 132 valence electrons. The fourth-order valence-corrected chi connectivity index (χ4v) is 3.96. The van der Waals surface area contributed by atoms with Crippen molar-refractivity contribution in [2.45, 2.75) is 36.6 Å². The molecule has 1 amide bonds. The molecule has 0 spiro atoms. The summed E-state index contributed by atoms with van der Waals surface area (Å²) in [7, 11) is -3.19. The van der Waals surface area contributed by atoms with E-state index in [0.717, 1.165) is 24.9 Å². The zero-order valence-corrected chi connectivity index (χ0v) is 15.2. The van der Waals surface area contributed by atoms with Crippen LogP contribution in [0.3, 0.4) is 0 Å². The van der Waals surface area contributed by atoms with Crippen LogP contribution in [-0.2, 0) is 21.2 Å². The highest BCUT2D eigenvalue weighted by Gasteiger charge is 2.23. The van der Waals surface area contributed by atoms with Crippen LogP contribution >= 0.6 is 0 Å². The minimum atomic E-state index is -3.19. The number of benzene rings is 2. The van der Waals surface area contributed by atoms with E-state index in [-0.39, 0.29) is 5.91 Å². The molecule has 4 nitrogen and oxygen atoms in total. The lowest BCUT2D eigenvalue weighted by molar-refractivity contribution is -0.131. The Hall–Kier alpha value is -2.14. The quantitative estimate of drug-likeness (QED) is 0.843. The Kier molecular flexibility index (Phi) is 5.23. The van der Waals surface area contributed by atoms with Crippen LogP contribution in [0.1, 0.15) is 36.3 Å². The van der Waals surface area contributed by atoms with Crippen LogP contribution in [0.15, 0.2) is 59.5 Å². The second-order valence-corrected chi connectivity index (χ2v) is 8.68. The van der Waals surface area contributed by atoms with Gasteiger partial charge in [-0.1, -0.05) is 42.5 Å². The van der Waals surface area contributed by atoms with Crippen molar-refractivity contribution < 1.29 is 13.2 Å². The van der Waals surface area contributed by atoms with Gasteiger partial charge in [0.2, 0.25) is 5.91 Å². The van der Waals surface area contributed by atoms with Crippen LogP contribution in [0.4, 0.5) is 0 Å². The summed E-state index contributed by atoms with van der Waals surface area (Å²) in [5.41, 5.74) is 2.26. The van der Waals surface area contributed by atoms with Gasteiger partial charge in [0, 0.05) is 25.8 Å². The molecular weight excluding hydrogens is 334 g/mol. The molecule has 2 aromatic carbocycles. The second kappa shape index (κ2) is 7.40. The molecule has 3 rings (SSSR count). The first-order chi connectivity index (χ1) is 11.9. The average molecular weight is 357 g/mol. The zero-order valence-electron chi connectivity index (χ0n) is 14.4. The summed E-state index contributed by atoms with van der Waals surface area (Å²) in [4.78, 5) is 14.6. The summed E-state index contributed by atoms with van der Waals surface area (Å²) in [6, 6.07) is 17.2. The van der Waals surface area contributed by atoms with Crippen molar-refractivity contribution in [1.82, 2.24) is 4.90 Å². The minimum Gasteiger partial charge on any atom is -0.338 e. The highest BCUT2D eigenvalue weighted by Crippen LogP contribution is 2.29. The Morgan fingerprint density at radius 3 is 2.32 bits per heavy atom. The van der Waals surface area contributed by atoms with Gasteiger partial charge in [-0.25, -0.2) is 8.42 Å². The number of sulfone groups is 1. The molecule has 1 atom stereocenters. The predicted octanol–water partition coefficient (Wildman–Crippen LogP) is 3.39. The highest BCUT2D eigenvalue weighted by molar-refractivity contribution is 7.90. The van der Waals surface area contributed by atoms with Gasteiger partial charge in [-0.3, -0.25) is 4.79 Å². The Morgan fingerprint density at radius 2 is 1.68 bits per heavy atom. The average Bonchev–Trinajstić information content (AvgIpc) is 2.78. The van der Waals surface area contributed by atoms with E-state index in [0.29, 0.717) is 23.8 Å². The maximum atomic E-state index is 12.5. The van der Waals surface area contributed by atoms with Gasteiger partial charge in [0.1, 0.15) is 0 Å². The van der Waals surface area contributed by atoms with E-state index in [9.17, 15) is 13.2 Å². The molecule has 25 heavy (non-hydrogen) atoms. The molecule has 0 bridgehead atoms. The smallest absolute Gasteiger partial charge is 0.222 e. The summed E-state index contributed by atoms with van der Waals surface area (Å²) in [5, 5.41) is 0. The molecule has 1 saturated heterocycles. The number of carbonyl (C=O) groups excluding carboxylic acids is 1. The maximum absolute atomic E-state index is 12.5. The van der Waals surface area contributed by atoms with Crippen LogP contribution in [0.2, 0.25) is 0 Å². The second-order valence-electron chi connectivity index (χ2n) is 6.67. The van der Waals surface area contributed by atoms with Crippen LogP contribution in [-0.4, -0.2) is 32.0 Å². The number of hydrogen-bond acceptors (Lipinski definition) is 3. The Morgan fingerprint density at radius 1 is 1.00 bits per heavy atom. The van der Waals surface area contributed by atoms with Gasteiger partial charge in [0.15, 0.2) is 9.84 Å². The van der Waals surface area contributed by atoms with Crippen molar-refractivity contribution in [3.05, 3.63) is 65.7 Å². The number of rotatable bonds is 4. The fourth-order valence-electron chi connectivity index (χ4n) is 3.32. The van der Waals surface area contributed by atoms with Gasteiger partial charge < -0.3 is 4.90 Å². The van der Waals surface area contributed by atoms with Gasteiger partial charge in [0.05, 0.1) is 4.90 Å². The number of amides is 1. The van der Waals surface area contributed by atoms with E-state index in [1.165, 1.54) is 11.8 Å². The van der Waals surface area contributed by atoms with Crippen LogP contribution < -0.4 is 0 Å². The van der Waals surface area contributed by atoms with Gasteiger partial charge in [-0.2, -0.15) is 0 Å². The summed E-state index contributed by atoms with van der Waals surface area (Å²) in [6.07, 6.45) is 3.59. The van der Waals surface area contributed by atoms with E-state index in [1.807, 2.05) is 23.1 Å². The standard InChI is InChI=1S/C20H23NO3S/c1-25(23,24)19-10-7-16(8-11-19)15-21-14-13-18(9-12-20(21)22)17-5-3-2-4-6-17/h2-8,10-11,18H,9,12-15H2,1H3. The topological polar surface area (TPSA) is 54.5 Å². The van der Waals surface area contributed by atoms with Crippen LogP contribution in [0.5, 0.6) is 0 Å². The van der Waals surface area contributed by atoms with Gasteiger partial charge >= 0.3 is 0 Å². The van der Waals surface area contributed by atoms with Crippen LogP contribution in [0, 0.1) is 0 Å².